The highest BCUT2D eigenvalue weighted by Crippen LogP contribution is 2.23. The lowest BCUT2D eigenvalue weighted by Crippen LogP contribution is -2.26. The highest BCUT2D eigenvalue weighted by atomic mass is 32.2. The second-order valence-corrected chi connectivity index (χ2v) is 6.91. The van der Waals surface area contributed by atoms with Crippen molar-refractivity contribution in [1.29, 1.82) is 0 Å². The Morgan fingerprint density at radius 3 is 2.56 bits per heavy atom. The molecular weight excluding hydrogens is 368 g/mol. The van der Waals surface area contributed by atoms with Crippen molar-refractivity contribution in [1.82, 2.24) is 14.9 Å². The van der Waals surface area contributed by atoms with Crippen molar-refractivity contribution in [3.63, 3.8) is 0 Å². The lowest BCUT2D eigenvalue weighted by atomic mass is 10.1. The molecule has 7 heteroatoms. The van der Waals surface area contributed by atoms with Crippen LogP contribution < -0.4 is 5.32 Å². The zero-order valence-corrected chi connectivity index (χ0v) is 15.6. The predicted octanol–water partition coefficient (Wildman–Crippen LogP) is 4.30. The molecule has 3 aromatic rings. The number of amides is 1. The Morgan fingerprint density at radius 1 is 1.11 bits per heavy atom. The summed E-state index contributed by atoms with van der Waals surface area (Å²) in [6, 6.07) is 11.0. The molecule has 0 aliphatic rings. The first-order valence-electron chi connectivity index (χ1n) is 8.45. The van der Waals surface area contributed by atoms with Gasteiger partial charge in [-0.3, -0.25) is 9.36 Å². The Bertz CT molecular complexity index is 925. The van der Waals surface area contributed by atoms with E-state index in [2.05, 4.69) is 10.3 Å². The largest absolute Gasteiger partial charge is 0.351 e. The first-order valence-corrected chi connectivity index (χ1v) is 9.85. The van der Waals surface area contributed by atoms with Crippen LogP contribution in [0.1, 0.15) is 16.9 Å². The Hall–Kier alpha value is -2.67. The number of thioether (sulfide) groups is 1. The van der Waals surface area contributed by atoms with Gasteiger partial charge in [0, 0.05) is 12.2 Å². The molecule has 0 aliphatic heterocycles. The quantitative estimate of drug-likeness (QED) is 0.615. The summed E-state index contributed by atoms with van der Waals surface area (Å²) in [4.78, 5) is 16.4. The number of hydrogen-bond acceptors (Lipinski definition) is 3. The van der Waals surface area contributed by atoms with E-state index in [4.69, 9.17) is 0 Å². The molecule has 0 bridgehead atoms. The van der Waals surface area contributed by atoms with Gasteiger partial charge in [0.1, 0.15) is 5.69 Å². The van der Waals surface area contributed by atoms with E-state index in [9.17, 15) is 13.6 Å². The molecule has 27 heavy (non-hydrogen) atoms. The maximum atomic E-state index is 13.4. The summed E-state index contributed by atoms with van der Waals surface area (Å²) in [5.41, 5.74) is 2.53. The van der Waals surface area contributed by atoms with E-state index in [1.165, 1.54) is 12.3 Å². The van der Waals surface area contributed by atoms with E-state index >= 15 is 0 Å². The first kappa shape index (κ1) is 19.1. The highest BCUT2D eigenvalue weighted by molar-refractivity contribution is 7.98. The van der Waals surface area contributed by atoms with Crippen LogP contribution >= 0.6 is 11.8 Å². The summed E-state index contributed by atoms with van der Waals surface area (Å²) in [6.07, 6.45) is 6.03. The van der Waals surface area contributed by atoms with Gasteiger partial charge < -0.3 is 5.32 Å². The minimum Gasteiger partial charge on any atom is -0.351 e. The lowest BCUT2D eigenvalue weighted by Gasteiger charge is -2.10. The van der Waals surface area contributed by atoms with Gasteiger partial charge in [-0.05, 0) is 53.8 Å². The minimum atomic E-state index is -0.883. The Morgan fingerprint density at radius 2 is 1.85 bits per heavy atom. The molecule has 0 aliphatic carbocycles. The van der Waals surface area contributed by atoms with Gasteiger partial charge in [-0.15, -0.1) is 0 Å². The fourth-order valence-corrected chi connectivity index (χ4v) is 3.10. The van der Waals surface area contributed by atoms with Crippen molar-refractivity contribution in [2.45, 2.75) is 6.42 Å². The Labute approximate surface area is 160 Å². The van der Waals surface area contributed by atoms with Crippen molar-refractivity contribution in [3.8, 4) is 16.8 Å². The van der Waals surface area contributed by atoms with E-state index in [0.29, 0.717) is 17.8 Å². The van der Waals surface area contributed by atoms with Crippen LogP contribution in [0.2, 0.25) is 0 Å². The van der Waals surface area contributed by atoms with Crippen LogP contribution in [-0.2, 0) is 0 Å². The number of carbonyl (C=O) groups excluding carboxylic acids is 1. The minimum absolute atomic E-state index is 0.182. The van der Waals surface area contributed by atoms with Gasteiger partial charge in [0.2, 0.25) is 0 Å². The molecule has 0 unspecified atom stereocenters. The average Bonchev–Trinajstić information content (AvgIpc) is 3.17. The van der Waals surface area contributed by atoms with Gasteiger partial charge in [-0.2, -0.15) is 11.8 Å². The van der Waals surface area contributed by atoms with Gasteiger partial charge >= 0.3 is 0 Å². The summed E-state index contributed by atoms with van der Waals surface area (Å²) in [5.74, 6) is -0.947. The number of halogens is 2. The third-order valence-electron chi connectivity index (χ3n) is 4.08. The molecule has 140 valence electrons. The first-order chi connectivity index (χ1) is 13.1. The van der Waals surface area contributed by atoms with E-state index < -0.39 is 11.6 Å². The maximum absolute atomic E-state index is 13.4. The number of hydrogen-bond donors (Lipinski definition) is 1. The van der Waals surface area contributed by atoms with E-state index in [-0.39, 0.29) is 5.91 Å². The molecule has 1 N–H and O–H groups in total. The van der Waals surface area contributed by atoms with Gasteiger partial charge in [0.05, 0.1) is 12.5 Å². The second-order valence-electron chi connectivity index (χ2n) is 5.93. The number of nitrogens with zero attached hydrogens (tertiary/aromatic N) is 2. The number of carbonyl (C=O) groups is 1. The molecular formula is C20H19F2N3OS. The third-order valence-corrected chi connectivity index (χ3v) is 4.78. The average molecular weight is 387 g/mol. The molecule has 1 amide bonds. The molecule has 0 saturated carbocycles. The number of rotatable bonds is 7. The van der Waals surface area contributed by atoms with Crippen LogP contribution in [-0.4, -0.2) is 34.0 Å². The molecule has 0 spiro atoms. The fraction of sp³-hybridized carbons (Fsp3) is 0.200. The number of benzene rings is 2. The van der Waals surface area contributed by atoms with Crippen LogP contribution in [0, 0.1) is 11.6 Å². The molecule has 1 aromatic heterocycles. The topological polar surface area (TPSA) is 46.9 Å². The molecule has 0 radical (unpaired) electrons. The van der Waals surface area contributed by atoms with E-state index in [1.807, 2.05) is 18.4 Å². The number of imidazole rings is 1. The molecule has 4 nitrogen and oxygen atoms in total. The zero-order valence-electron chi connectivity index (χ0n) is 14.8. The molecule has 1 heterocycles. The molecule has 2 aromatic carbocycles. The molecule has 0 fully saturated rings. The van der Waals surface area contributed by atoms with Crippen molar-refractivity contribution >= 4 is 17.7 Å². The summed E-state index contributed by atoms with van der Waals surface area (Å²) in [6.45, 7) is 0.611. The number of aromatic nitrogens is 2. The Kier molecular flexibility index (Phi) is 6.24. The third kappa shape index (κ3) is 4.54. The second kappa shape index (κ2) is 8.81. The van der Waals surface area contributed by atoms with Gasteiger partial charge in [-0.1, -0.05) is 18.2 Å². The van der Waals surface area contributed by atoms with Gasteiger partial charge in [0.25, 0.3) is 5.91 Å². The van der Waals surface area contributed by atoms with Crippen LogP contribution in [0.25, 0.3) is 16.8 Å². The van der Waals surface area contributed by atoms with Crippen molar-refractivity contribution in [2.24, 2.45) is 0 Å². The van der Waals surface area contributed by atoms with Crippen molar-refractivity contribution in [3.05, 3.63) is 72.3 Å². The Balaban J connectivity index is 1.77. The SMILES string of the molecule is CSCCCNC(=O)c1cncn1-c1ccc(-c2ccc(F)c(F)c2)cc1. The summed E-state index contributed by atoms with van der Waals surface area (Å²) in [5, 5.41) is 2.89. The van der Waals surface area contributed by atoms with Gasteiger partial charge in [0.15, 0.2) is 11.6 Å². The normalized spacial score (nSPS) is 10.8. The standard InChI is InChI=1S/C20H19F2N3OS/c1-27-10-2-9-24-20(26)19-12-23-13-25(19)16-6-3-14(4-7-16)15-5-8-17(21)18(22)11-15/h3-8,11-13H,2,9-10H2,1H3,(H,24,26). The van der Waals surface area contributed by atoms with Crippen LogP contribution in [0.15, 0.2) is 55.0 Å². The van der Waals surface area contributed by atoms with E-state index in [1.54, 1.807) is 34.8 Å². The van der Waals surface area contributed by atoms with Crippen LogP contribution in [0.5, 0.6) is 0 Å². The molecule has 3 rings (SSSR count). The van der Waals surface area contributed by atoms with E-state index in [0.717, 1.165) is 35.6 Å². The van der Waals surface area contributed by atoms with Crippen molar-refractivity contribution in [2.75, 3.05) is 18.6 Å². The molecule has 0 saturated heterocycles. The maximum Gasteiger partial charge on any atom is 0.269 e. The summed E-state index contributed by atoms with van der Waals surface area (Å²) in [7, 11) is 0. The fourth-order valence-electron chi connectivity index (χ4n) is 2.67. The predicted molar refractivity (Wildman–Crippen MR) is 104 cm³/mol. The van der Waals surface area contributed by atoms with Crippen LogP contribution in [0.4, 0.5) is 8.78 Å². The summed E-state index contributed by atoms with van der Waals surface area (Å²) >= 11 is 1.74. The number of nitrogens with one attached hydrogen (secondary N) is 1. The summed E-state index contributed by atoms with van der Waals surface area (Å²) < 4.78 is 28.2. The smallest absolute Gasteiger partial charge is 0.269 e. The van der Waals surface area contributed by atoms with Gasteiger partial charge in [-0.25, -0.2) is 13.8 Å². The highest BCUT2D eigenvalue weighted by Gasteiger charge is 2.13. The lowest BCUT2D eigenvalue weighted by molar-refractivity contribution is 0.0947. The van der Waals surface area contributed by atoms with Crippen LogP contribution in [0.3, 0.4) is 0 Å². The molecule has 0 atom stereocenters. The zero-order chi connectivity index (χ0) is 19.2. The monoisotopic (exact) mass is 387 g/mol. The van der Waals surface area contributed by atoms with Crippen molar-refractivity contribution < 1.29 is 13.6 Å².